The maximum atomic E-state index is 8.50. The summed E-state index contributed by atoms with van der Waals surface area (Å²) in [5.74, 6) is 1.04. The Kier molecular flexibility index (Phi) is 3.12. The van der Waals surface area contributed by atoms with E-state index < -0.39 is 0 Å². The molecule has 4 nitrogen and oxygen atoms in total. The molecule has 1 aromatic carbocycles. The normalized spacial score (nSPS) is 18.7. The molecule has 0 unspecified atom stereocenters. The quantitative estimate of drug-likeness (QED) is 0.870. The summed E-state index contributed by atoms with van der Waals surface area (Å²) in [6.07, 6.45) is 0. The number of anilines is 1. The van der Waals surface area contributed by atoms with Gasteiger partial charge in [-0.1, -0.05) is 12.1 Å². The highest BCUT2D eigenvalue weighted by molar-refractivity contribution is 7.09. The van der Waals surface area contributed by atoms with E-state index in [2.05, 4.69) is 28.2 Å². The molecule has 5 heteroatoms. The van der Waals surface area contributed by atoms with Crippen molar-refractivity contribution in [2.75, 3.05) is 38.5 Å². The van der Waals surface area contributed by atoms with Crippen molar-refractivity contribution in [2.45, 2.75) is 6.92 Å². The second-order valence-electron chi connectivity index (χ2n) is 5.86. The lowest BCUT2D eigenvalue weighted by Gasteiger charge is -2.35. The van der Waals surface area contributed by atoms with Crippen LogP contribution in [0, 0.1) is 6.92 Å². The summed E-state index contributed by atoms with van der Waals surface area (Å²) in [6.45, 7) is 6.01. The van der Waals surface area contributed by atoms with Gasteiger partial charge in [-0.3, -0.25) is 0 Å². The number of benzene rings is 1. The summed E-state index contributed by atoms with van der Waals surface area (Å²) in [4.78, 5) is 10.5. The molecule has 2 aliphatic heterocycles. The van der Waals surface area contributed by atoms with E-state index in [1.54, 1.807) is 11.3 Å². The minimum absolute atomic E-state index is 0.600. The Morgan fingerprint density at radius 1 is 1.23 bits per heavy atom. The molecule has 4 rings (SSSR count). The summed E-state index contributed by atoms with van der Waals surface area (Å²) in [6, 6.07) is 8.71. The third-order valence-corrected chi connectivity index (χ3v) is 5.10. The minimum atomic E-state index is 0.600. The Morgan fingerprint density at radius 2 is 2.00 bits per heavy atom. The molecule has 3 heterocycles. The van der Waals surface area contributed by atoms with Gasteiger partial charge in [0.1, 0.15) is 10.5 Å². The van der Waals surface area contributed by atoms with E-state index in [0.717, 1.165) is 58.1 Å². The zero-order chi connectivity index (χ0) is 16.0. The number of nitrogens with one attached hydrogen (secondary N) is 1. The summed E-state index contributed by atoms with van der Waals surface area (Å²) in [7, 11) is 2.16. The van der Waals surface area contributed by atoms with Crippen LogP contribution in [0.1, 0.15) is 6.25 Å². The number of aryl methyl sites for hydroxylation is 1. The fraction of sp³-hybridized carbons (Fsp3) is 0.353. The Balaban J connectivity index is 1.93. The third kappa shape index (κ3) is 2.40. The first kappa shape index (κ1) is 12.7. The molecule has 2 aliphatic rings. The molecule has 0 atom stereocenters. The third-order valence-electron chi connectivity index (χ3n) is 4.20. The van der Waals surface area contributed by atoms with Gasteiger partial charge in [-0.15, -0.1) is 11.3 Å². The van der Waals surface area contributed by atoms with Crippen molar-refractivity contribution in [3.05, 3.63) is 45.1 Å². The van der Waals surface area contributed by atoms with Gasteiger partial charge in [0, 0.05) is 31.1 Å². The number of para-hydroxylation sites is 2. The zero-order valence-corrected chi connectivity index (χ0v) is 13.7. The number of piperazine rings is 1. The first-order valence-electron chi connectivity index (χ1n) is 8.12. The van der Waals surface area contributed by atoms with Crippen LogP contribution in [0.5, 0.6) is 0 Å². The molecule has 0 radical (unpaired) electrons. The van der Waals surface area contributed by atoms with E-state index in [0.29, 0.717) is 6.04 Å². The van der Waals surface area contributed by atoms with Crippen LogP contribution in [-0.2, 0) is 0 Å². The van der Waals surface area contributed by atoms with Crippen molar-refractivity contribution in [1.29, 1.82) is 0 Å². The average molecular weight is 313 g/mol. The molecule has 1 aromatic heterocycles. The van der Waals surface area contributed by atoms with Gasteiger partial charge in [-0.05, 0) is 32.1 Å². The van der Waals surface area contributed by atoms with Crippen molar-refractivity contribution in [2.24, 2.45) is 4.99 Å². The zero-order valence-electron chi connectivity index (χ0n) is 13.9. The number of hydrogen-bond donors (Lipinski definition) is 1. The standard InChI is InChI=1S/C17H20N4S/c1-12-11-13-16(21-9-7-20(2)8-10-21)18-14-5-3-4-6-15(14)19-17(13)22-12/h3-6,11,18H,7-10H2,1-2H3/i11D. The second kappa shape index (κ2) is 5.41. The topological polar surface area (TPSA) is 30.9 Å². The summed E-state index contributed by atoms with van der Waals surface area (Å²) >= 11 is 1.61. The smallest absolute Gasteiger partial charge is 0.127 e. The lowest BCUT2D eigenvalue weighted by molar-refractivity contribution is 0.206. The van der Waals surface area contributed by atoms with E-state index >= 15 is 0 Å². The Labute approximate surface area is 135 Å². The number of fused-ring (bicyclic) bond motifs is 2. The molecule has 1 fully saturated rings. The van der Waals surface area contributed by atoms with E-state index in [4.69, 9.17) is 6.36 Å². The van der Waals surface area contributed by atoms with Gasteiger partial charge in [-0.2, -0.15) is 0 Å². The van der Waals surface area contributed by atoms with Gasteiger partial charge in [0.05, 0.1) is 18.0 Å². The first-order chi connectivity index (χ1) is 11.1. The number of hydrogen-bond acceptors (Lipinski definition) is 5. The molecule has 0 spiro atoms. The molecule has 1 N–H and O–H groups in total. The van der Waals surface area contributed by atoms with Crippen molar-refractivity contribution in [1.82, 2.24) is 9.80 Å². The van der Waals surface area contributed by atoms with Crippen LogP contribution in [0.15, 0.2) is 35.3 Å². The lowest BCUT2D eigenvalue weighted by atomic mass is 10.2. The molecule has 0 bridgehead atoms. The highest BCUT2D eigenvalue weighted by Gasteiger charge is 2.20. The fourth-order valence-corrected chi connectivity index (χ4v) is 3.77. The molecule has 0 saturated carbocycles. The molecule has 22 heavy (non-hydrogen) atoms. The number of rotatable bonds is 1. The number of likely N-dealkylation sites (N-methyl/N-ethyl adjacent to an activating group) is 1. The van der Waals surface area contributed by atoms with Crippen LogP contribution in [0.3, 0.4) is 0 Å². The van der Waals surface area contributed by atoms with Crippen LogP contribution >= 0.6 is 11.3 Å². The number of thiophene rings is 1. The van der Waals surface area contributed by atoms with E-state index in [-0.39, 0.29) is 0 Å². The van der Waals surface area contributed by atoms with Gasteiger partial charge in [-0.25, -0.2) is 4.99 Å². The number of nitrogens with zero attached hydrogens (tertiary/aromatic N) is 3. The van der Waals surface area contributed by atoms with Gasteiger partial charge >= 0.3 is 0 Å². The molecule has 2 aromatic rings. The van der Waals surface area contributed by atoms with Gasteiger partial charge in [0.25, 0.3) is 0 Å². The maximum Gasteiger partial charge on any atom is 0.127 e. The van der Waals surface area contributed by atoms with E-state index in [1.165, 1.54) is 0 Å². The van der Waals surface area contributed by atoms with Gasteiger partial charge in [0.15, 0.2) is 0 Å². The van der Waals surface area contributed by atoms with Gasteiger partial charge < -0.3 is 15.1 Å². The van der Waals surface area contributed by atoms with Crippen LogP contribution in [0.25, 0.3) is 5.82 Å². The molecule has 114 valence electrons. The van der Waals surface area contributed by atoms with Crippen LogP contribution in [0.4, 0.5) is 11.4 Å². The highest BCUT2D eigenvalue weighted by atomic mass is 32.1. The predicted octanol–water partition coefficient (Wildman–Crippen LogP) is 1.75. The van der Waals surface area contributed by atoms with Crippen molar-refractivity contribution in [3.8, 4) is 0 Å². The lowest BCUT2D eigenvalue weighted by Crippen LogP contribution is -2.47. The van der Waals surface area contributed by atoms with E-state index in [9.17, 15) is 0 Å². The maximum absolute atomic E-state index is 8.50. The Hall–Kier alpha value is -1.85. The monoisotopic (exact) mass is 313 g/mol. The summed E-state index contributed by atoms with van der Waals surface area (Å²) in [5, 5.41) is 4.52. The molecule has 0 amide bonds. The Morgan fingerprint density at radius 3 is 2.82 bits per heavy atom. The fourth-order valence-electron chi connectivity index (χ4n) is 2.93. The summed E-state index contributed by atoms with van der Waals surface area (Å²) in [5.41, 5.74) is 1.96. The largest absolute Gasteiger partial charge is 0.355 e. The van der Waals surface area contributed by atoms with Crippen molar-refractivity contribution >= 4 is 28.5 Å². The van der Waals surface area contributed by atoms with Crippen LogP contribution in [-0.4, -0.2) is 43.0 Å². The van der Waals surface area contributed by atoms with Crippen LogP contribution < -0.4 is 15.2 Å². The average Bonchev–Trinajstić information content (AvgIpc) is 2.73. The van der Waals surface area contributed by atoms with Crippen LogP contribution in [0.2, 0.25) is 0 Å². The SMILES string of the molecule is [2H]c1c(C)sc2c1=C(N1CCN(C)CC1)Nc1ccccc1N=2. The molecule has 1 saturated heterocycles. The Bertz CT molecular complexity index is 865. The molecular weight excluding hydrogens is 292 g/mol. The van der Waals surface area contributed by atoms with E-state index in [1.807, 2.05) is 25.1 Å². The van der Waals surface area contributed by atoms with Gasteiger partial charge in [0.2, 0.25) is 0 Å². The predicted molar refractivity (Wildman–Crippen MR) is 92.0 cm³/mol. The molecule has 0 aliphatic carbocycles. The second-order valence-corrected chi connectivity index (χ2v) is 7.06. The van der Waals surface area contributed by atoms with Crippen molar-refractivity contribution < 1.29 is 1.37 Å². The van der Waals surface area contributed by atoms with Crippen molar-refractivity contribution in [3.63, 3.8) is 0 Å². The molecular formula is C17H20N4S. The highest BCUT2D eigenvalue weighted by Crippen LogP contribution is 2.27. The summed E-state index contributed by atoms with van der Waals surface area (Å²) < 4.78 is 9.44. The first-order valence-corrected chi connectivity index (χ1v) is 8.44. The minimum Gasteiger partial charge on any atom is -0.355 e.